The van der Waals surface area contributed by atoms with E-state index in [2.05, 4.69) is 50.3 Å². The van der Waals surface area contributed by atoms with E-state index in [1.807, 2.05) is 29.3 Å². The maximum Gasteiger partial charge on any atom is 0.247 e. The molecule has 10 heteroatoms. The molecule has 0 spiro atoms. The van der Waals surface area contributed by atoms with Crippen molar-refractivity contribution < 1.29 is 9.21 Å². The molecule has 1 fully saturated rings. The van der Waals surface area contributed by atoms with E-state index in [1.165, 1.54) is 5.56 Å². The Morgan fingerprint density at radius 2 is 2.14 bits per heavy atom. The Labute approximate surface area is 200 Å². The predicted octanol–water partition coefficient (Wildman–Crippen LogP) is 3.73. The van der Waals surface area contributed by atoms with Gasteiger partial charge in [-0.3, -0.25) is 14.8 Å². The molecule has 0 unspecified atom stereocenters. The molecule has 1 aliphatic heterocycles. The summed E-state index contributed by atoms with van der Waals surface area (Å²) in [5.74, 6) is 0.892. The first-order chi connectivity index (χ1) is 17.0. The fraction of sp³-hybridized carbons (Fsp3) is 0.320. The minimum atomic E-state index is -0.306. The molecule has 0 saturated carbocycles. The van der Waals surface area contributed by atoms with E-state index in [0.29, 0.717) is 18.3 Å². The van der Waals surface area contributed by atoms with Crippen molar-refractivity contribution >= 4 is 27.8 Å². The molecule has 0 radical (unpaired) electrons. The minimum absolute atomic E-state index is 0.267. The molecule has 1 saturated heterocycles. The highest BCUT2D eigenvalue weighted by Crippen LogP contribution is 2.39. The van der Waals surface area contributed by atoms with Crippen LogP contribution in [0.1, 0.15) is 44.1 Å². The van der Waals surface area contributed by atoms with Crippen LogP contribution in [0.4, 0.5) is 0 Å². The summed E-state index contributed by atoms with van der Waals surface area (Å²) < 4.78 is 6.00. The number of benzene rings is 1. The highest BCUT2D eigenvalue weighted by molar-refractivity contribution is 5.99. The maximum absolute atomic E-state index is 11.7. The van der Waals surface area contributed by atoms with Gasteiger partial charge in [0, 0.05) is 33.6 Å². The van der Waals surface area contributed by atoms with Crippen LogP contribution in [0.5, 0.6) is 0 Å². The van der Waals surface area contributed by atoms with Crippen LogP contribution in [0.25, 0.3) is 44.6 Å². The van der Waals surface area contributed by atoms with Crippen LogP contribution in [0.3, 0.4) is 0 Å². The Bertz CT molecular complexity index is 1550. The lowest BCUT2D eigenvalue weighted by Crippen LogP contribution is -2.39. The smallest absolute Gasteiger partial charge is 0.247 e. The molecule has 1 atom stereocenters. The fourth-order valence-corrected chi connectivity index (χ4v) is 5.17. The quantitative estimate of drug-likeness (QED) is 0.343. The van der Waals surface area contributed by atoms with Crippen LogP contribution in [0, 0.1) is 0 Å². The summed E-state index contributed by atoms with van der Waals surface area (Å²) in [6, 6.07) is 7.85. The van der Waals surface area contributed by atoms with Gasteiger partial charge in [0.25, 0.3) is 0 Å². The van der Waals surface area contributed by atoms with Crippen molar-refractivity contribution in [2.75, 3.05) is 6.54 Å². The summed E-state index contributed by atoms with van der Waals surface area (Å²) >= 11 is 0. The lowest BCUT2D eigenvalue weighted by atomic mass is 9.95. The first kappa shape index (κ1) is 21.5. The van der Waals surface area contributed by atoms with Gasteiger partial charge in [-0.25, -0.2) is 4.98 Å². The number of nitrogens with zero attached hydrogens (tertiary/aromatic N) is 5. The van der Waals surface area contributed by atoms with Gasteiger partial charge >= 0.3 is 0 Å². The molecule has 4 N–H and O–H groups in total. The zero-order chi connectivity index (χ0) is 24.1. The van der Waals surface area contributed by atoms with Crippen molar-refractivity contribution in [1.29, 1.82) is 0 Å². The van der Waals surface area contributed by atoms with Crippen molar-refractivity contribution in [3.8, 4) is 22.7 Å². The molecule has 0 aliphatic carbocycles. The van der Waals surface area contributed by atoms with Crippen molar-refractivity contribution in [1.82, 2.24) is 35.3 Å². The topological polar surface area (TPSA) is 143 Å². The van der Waals surface area contributed by atoms with E-state index in [1.54, 1.807) is 6.20 Å². The Hall–Kier alpha value is -4.05. The van der Waals surface area contributed by atoms with Crippen LogP contribution in [-0.2, 0) is 11.3 Å². The number of hydrogen-bond acceptors (Lipinski definition) is 7. The number of rotatable bonds is 6. The van der Waals surface area contributed by atoms with E-state index in [-0.39, 0.29) is 17.9 Å². The largest absolute Gasteiger partial charge is 0.419 e. The molecule has 4 aromatic heterocycles. The Balaban J connectivity index is 1.38. The molecule has 6 rings (SSSR count). The van der Waals surface area contributed by atoms with Crippen LogP contribution >= 0.6 is 0 Å². The number of amides is 1. The first-order valence-corrected chi connectivity index (χ1v) is 11.8. The fourth-order valence-electron chi connectivity index (χ4n) is 5.17. The average molecular weight is 471 g/mol. The summed E-state index contributed by atoms with van der Waals surface area (Å²) in [4.78, 5) is 21.7. The summed E-state index contributed by atoms with van der Waals surface area (Å²) in [5, 5.41) is 17.7. The number of likely N-dealkylation sites (tertiary alicyclic amines) is 1. The third-order valence-electron chi connectivity index (χ3n) is 6.78. The number of nitrogens with one attached hydrogen (secondary N) is 2. The summed E-state index contributed by atoms with van der Waals surface area (Å²) in [7, 11) is 0. The Morgan fingerprint density at radius 3 is 2.97 bits per heavy atom. The second kappa shape index (κ2) is 8.31. The second-order valence-electron chi connectivity index (χ2n) is 9.35. The summed E-state index contributed by atoms with van der Waals surface area (Å²) in [6.07, 6.45) is 5.30. The standard InChI is InChI=1S/C25H26N8O2/c1-13(2)21-16-10-14(25-32-30-20(35-25)12-33-9-3-4-19(33)23(26)34)5-6-18(16)29-22(21)15-7-8-27-24-17(15)11-28-31-24/h5-8,10-11,13,19,29H,3-4,9,12H2,1-2H3,(H2,26,34)(H,27,28,31)/t19-/m0/s1. The number of H-pyrrole nitrogens is 2. The molecule has 1 aromatic carbocycles. The van der Waals surface area contributed by atoms with Crippen molar-refractivity contribution in [3.63, 3.8) is 0 Å². The van der Waals surface area contributed by atoms with E-state index < -0.39 is 0 Å². The Morgan fingerprint density at radius 1 is 1.26 bits per heavy atom. The SMILES string of the molecule is CC(C)c1c(-c2ccnc3[nH]ncc23)[nH]c2ccc(-c3nnc(CN4CCC[C@H]4C(N)=O)o3)cc12. The van der Waals surface area contributed by atoms with Crippen LogP contribution < -0.4 is 5.73 Å². The van der Waals surface area contributed by atoms with E-state index in [9.17, 15) is 4.79 Å². The molecular formula is C25H26N8O2. The summed E-state index contributed by atoms with van der Waals surface area (Å²) in [5.41, 5.74) is 11.5. The summed E-state index contributed by atoms with van der Waals surface area (Å²) in [6.45, 7) is 5.57. The van der Waals surface area contributed by atoms with Crippen LogP contribution in [0.15, 0.2) is 41.1 Å². The number of primary amides is 1. The van der Waals surface area contributed by atoms with Gasteiger partial charge in [-0.1, -0.05) is 13.8 Å². The van der Waals surface area contributed by atoms with Crippen molar-refractivity contribution in [2.45, 2.75) is 45.2 Å². The average Bonchev–Trinajstić information content (AvgIpc) is 3.63. The number of nitrogens with two attached hydrogens (primary N) is 1. The lowest BCUT2D eigenvalue weighted by molar-refractivity contribution is -0.122. The van der Waals surface area contributed by atoms with Crippen LogP contribution in [-0.4, -0.2) is 53.8 Å². The van der Waals surface area contributed by atoms with Gasteiger partial charge in [-0.2, -0.15) is 5.10 Å². The van der Waals surface area contributed by atoms with Crippen molar-refractivity contribution in [2.24, 2.45) is 5.73 Å². The molecule has 10 nitrogen and oxygen atoms in total. The zero-order valence-corrected chi connectivity index (χ0v) is 19.6. The molecule has 0 bridgehead atoms. The first-order valence-electron chi connectivity index (χ1n) is 11.8. The normalized spacial score (nSPS) is 16.7. The van der Waals surface area contributed by atoms with Crippen LogP contribution in [0.2, 0.25) is 0 Å². The number of aromatic amines is 2. The number of aromatic nitrogens is 6. The molecule has 5 aromatic rings. The van der Waals surface area contributed by atoms with E-state index >= 15 is 0 Å². The molecule has 1 amide bonds. The number of pyridine rings is 1. The lowest BCUT2D eigenvalue weighted by Gasteiger charge is -2.19. The maximum atomic E-state index is 11.7. The van der Waals surface area contributed by atoms with Gasteiger partial charge in [0.15, 0.2) is 5.65 Å². The van der Waals surface area contributed by atoms with E-state index in [4.69, 9.17) is 10.2 Å². The van der Waals surface area contributed by atoms with E-state index in [0.717, 1.165) is 58.1 Å². The zero-order valence-electron chi connectivity index (χ0n) is 19.6. The van der Waals surface area contributed by atoms with Gasteiger partial charge in [0.2, 0.25) is 17.7 Å². The van der Waals surface area contributed by atoms with Gasteiger partial charge in [0.1, 0.15) is 0 Å². The highest BCUT2D eigenvalue weighted by Gasteiger charge is 2.30. The monoisotopic (exact) mass is 470 g/mol. The molecule has 1 aliphatic rings. The number of carbonyl (C=O) groups is 1. The molecular weight excluding hydrogens is 444 g/mol. The Kier molecular flexibility index (Phi) is 5.10. The predicted molar refractivity (Wildman–Crippen MR) is 131 cm³/mol. The molecule has 5 heterocycles. The highest BCUT2D eigenvalue weighted by atomic mass is 16.4. The minimum Gasteiger partial charge on any atom is -0.419 e. The molecule has 178 valence electrons. The number of hydrogen-bond donors (Lipinski definition) is 3. The second-order valence-corrected chi connectivity index (χ2v) is 9.35. The third kappa shape index (κ3) is 3.66. The van der Waals surface area contributed by atoms with Gasteiger partial charge in [-0.15, -0.1) is 10.2 Å². The number of fused-ring (bicyclic) bond motifs is 2. The number of carbonyl (C=O) groups excluding carboxylic acids is 1. The van der Waals surface area contributed by atoms with Gasteiger partial charge in [0.05, 0.1) is 24.5 Å². The van der Waals surface area contributed by atoms with Gasteiger partial charge in [-0.05, 0) is 55.1 Å². The third-order valence-corrected chi connectivity index (χ3v) is 6.78. The van der Waals surface area contributed by atoms with Crippen molar-refractivity contribution in [3.05, 3.63) is 48.1 Å². The molecule has 35 heavy (non-hydrogen) atoms. The van der Waals surface area contributed by atoms with Gasteiger partial charge < -0.3 is 15.1 Å².